The highest BCUT2D eigenvalue weighted by Crippen LogP contribution is 2.22. The van der Waals surface area contributed by atoms with Crippen LogP contribution in [0.2, 0.25) is 10.2 Å². The van der Waals surface area contributed by atoms with Gasteiger partial charge in [-0.15, -0.1) is 0 Å². The molecule has 0 unspecified atom stereocenters. The number of anilines is 1. The van der Waals surface area contributed by atoms with Gasteiger partial charge < -0.3 is 10.1 Å². The lowest BCUT2D eigenvalue weighted by Gasteiger charge is -2.10. The quantitative estimate of drug-likeness (QED) is 0.244. The van der Waals surface area contributed by atoms with Crippen molar-refractivity contribution in [2.45, 2.75) is 0 Å². The van der Waals surface area contributed by atoms with Gasteiger partial charge >= 0.3 is 5.97 Å². The van der Waals surface area contributed by atoms with Crippen LogP contribution in [0.5, 0.6) is 0 Å². The van der Waals surface area contributed by atoms with E-state index in [1.54, 1.807) is 42.5 Å². The number of pyridine rings is 1. The molecule has 1 aromatic heterocycles. The normalized spacial score (nSPS) is 11.1. The molecular formula is C22H15Cl2FN2O3. The standard InChI is InChI=1S/C22H15Cl2FN2O3/c23-16-7-3-14(4-8-16)12-18(15-5-9-17(25)10-6-15)22(29)30-13-20(28)27-19-2-1-11-26-21(19)24/h1-12H,13H2,(H,27,28)/b18-12+. The number of benzene rings is 2. The summed E-state index contributed by atoms with van der Waals surface area (Å²) in [6, 6.07) is 15.3. The number of aromatic nitrogens is 1. The first-order chi connectivity index (χ1) is 14.4. The van der Waals surface area contributed by atoms with Crippen LogP contribution in [-0.4, -0.2) is 23.5 Å². The molecule has 3 aromatic rings. The minimum Gasteiger partial charge on any atom is -0.452 e. The van der Waals surface area contributed by atoms with Crippen LogP contribution in [0.15, 0.2) is 66.9 Å². The maximum atomic E-state index is 13.3. The van der Waals surface area contributed by atoms with Gasteiger partial charge in [0.2, 0.25) is 0 Å². The van der Waals surface area contributed by atoms with E-state index >= 15 is 0 Å². The predicted molar refractivity (Wildman–Crippen MR) is 115 cm³/mol. The summed E-state index contributed by atoms with van der Waals surface area (Å²) in [4.78, 5) is 28.7. The second kappa shape index (κ2) is 10.0. The third-order valence-corrected chi connectivity index (χ3v) is 4.48. The Morgan fingerprint density at radius 3 is 2.40 bits per heavy atom. The SMILES string of the molecule is O=C(COC(=O)/C(=C/c1ccc(Cl)cc1)c1ccc(F)cc1)Nc1cccnc1Cl. The van der Waals surface area contributed by atoms with Gasteiger partial charge in [0.15, 0.2) is 11.8 Å². The van der Waals surface area contributed by atoms with Crippen LogP contribution >= 0.6 is 23.2 Å². The van der Waals surface area contributed by atoms with Crippen molar-refractivity contribution in [2.24, 2.45) is 0 Å². The lowest BCUT2D eigenvalue weighted by atomic mass is 10.0. The van der Waals surface area contributed by atoms with Gasteiger partial charge in [-0.25, -0.2) is 14.2 Å². The fourth-order valence-corrected chi connectivity index (χ4v) is 2.78. The third-order valence-electron chi connectivity index (χ3n) is 3.92. The Bertz CT molecular complexity index is 1080. The zero-order valence-electron chi connectivity index (χ0n) is 15.4. The molecule has 0 radical (unpaired) electrons. The molecule has 0 atom stereocenters. The van der Waals surface area contributed by atoms with Crippen LogP contribution in [0.3, 0.4) is 0 Å². The summed E-state index contributed by atoms with van der Waals surface area (Å²) in [6.07, 6.45) is 3.05. The highest BCUT2D eigenvalue weighted by atomic mass is 35.5. The van der Waals surface area contributed by atoms with Crippen LogP contribution in [-0.2, 0) is 14.3 Å². The monoisotopic (exact) mass is 444 g/mol. The van der Waals surface area contributed by atoms with Crippen molar-refractivity contribution < 1.29 is 18.7 Å². The molecule has 1 amide bonds. The summed E-state index contributed by atoms with van der Waals surface area (Å²) in [5, 5.41) is 3.18. The molecule has 0 bridgehead atoms. The van der Waals surface area contributed by atoms with Crippen LogP contribution < -0.4 is 5.32 Å². The lowest BCUT2D eigenvalue weighted by molar-refractivity contribution is -0.141. The highest BCUT2D eigenvalue weighted by Gasteiger charge is 2.16. The molecule has 30 heavy (non-hydrogen) atoms. The van der Waals surface area contributed by atoms with E-state index in [2.05, 4.69) is 10.3 Å². The summed E-state index contributed by atoms with van der Waals surface area (Å²) in [5.41, 5.74) is 1.58. The van der Waals surface area contributed by atoms with Crippen molar-refractivity contribution in [3.05, 3.63) is 94.0 Å². The van der Waals surface area contributed by atoms with Crippen LogP contribution in [0.4, 0.5) is 10.1 Å². The van der Waals surface area contributed by atoms with E-state index in [-0.39, 0.29) is 10.7 Å². The number of halogens is 3. The Morgan fingerprint density at radius 2 is 1.73 bits per heavy atom. The number of rotatable bonds is 6. The Kier molecular flexibility index (Phi) is 7.17. The highest BCUT2D eigenvalue weighted by molar-refractivity contribution is 6.32. The summed E-state index contributed by atoms with van der Waals surface area (Å²) in [6.45, 7) is -0.538. The summed E-state index contributed by atoms with van der Waals surface area (Å²) in [7, 11) is 0. The van der Waals surface area contributed by atoms with E-state index < -0.39 is 24.3 Å². The van der Waals surface area contributed by atoms with Crippen molar-refractivity contribution in [1.29, 1.82) is 0 Å². The molecular weight excluding hydrogens is 430 g/mol. The van der Waals surface area contributed by atoms with E-state index in [1.807, 2.05) is 0 Å². The van der Waals surface area contributed by atoms with Gasteiger partial charge in [0.25, 0.3) is 5.91 Å². The van der Waals surface area contributed by atoms with Crippen molar-refractivity contribution in [1.82, 2.24) is 4.98 Å². The number of carbonyl (C=O) groups is 2. The molecule has 3 rings (SSSR count). The van der Waals surface area contributed by atoms with Crippen LogP contribution in [0.1, 0.15) is 11.1 Å². The number of esters is 1. The van der Waals surface area contributed by atoms with Gasteiger partial charge in [-0.05, 0) is 53.6 Å². The zero-order valence-corrected chi connectivity index (χ0v) is 17.0. The number of hydrogen-bond acceptors (Lipinski definition) is 4. The van der Waals surface area contributed by atoms with Crippen molar-refractivity contribution >= 4 is 52.4 Å². The van der Waals surface area contributed by atoms with E-state index in [4.69, 9.17) is 27.9 Å². The summed E-state index contributed by atoms with van der Waals surface area (Å²) < 4.78 is 18.5. The largest absolute Gasteiger partial charge is 0.452 e. The summed E-state index contributed by atoms with van der Waals surface area (Å²) >= 11 is 11.8. The lowest BCUT2D eigenvalue weighted by Crippen LogP contribution is -2.21. The molecule has 0 aliphatic heterocycles. The minimum absolute atomic E-state index is 0.117. The predicted octanol–water partition coefficient (Wildman–Crippen LogP) is 5.25. The Hall–Kier alpha value is -3.22. The molecule has 0 saturated carbocycles. The third kappa shape index (κ3) is 5.89. The Balaban J connectivity index is 1.76. The molecule has 0 fully saturated rings. The number of nitrogens with one attached hydrogen (secondary N) is 1. The maximum Gasteiger partial charge on any atom is 0.339 e. The second-order valence-electron chi connectivity index (χ2n) is 6.08. The second-order valence-corrected chi connectivity index (χ2v) is 6.88. The molecule has 1 heterocycles. The molecule has 0 spiro atoms. The number of hydrogen-bond donors (Lipinski definition) is 1. The molecule has 5 nitrogen and oxygen atoms in total. The van der Waals surface area contributed by atoms with Crippen molar-refractivity contribution in [2.75, 3.05) is 11.9 Å². The number of nitrogens with zero attached hydrogens (tertiary/aromatic N) is 1. The van der Waals surface area contributed by atoms with Gasteiger partial charge in [-0.3, -0.25) is 4.79 Å². The van der Waals surface area contributed by atoms with E-state index in [0.29, 0.717) is 21.8 Å². The topological polar surface area (TPSA) is 68.3 Å². The van der Waals surface area contributed by atoms with Crippen LogP contribution in [0.25, 0.3) is 11.6 Å². The number of amides is 1. The maximum absolute atomic E-state index is 13.3. The smallest absolute Gasteiger partial charge is 0.339 e. The first-order valence-electron chi connectivity index (χ1n) is 8.73. The fraction of sp³-hybridized carbons (Fsp3) is 0.0455. The molecule has 0 aliphatic carbocycles. The van der Waals surface area contributed by atoms with Gasteiger partial charge in [0, 0.05) is 11.2 Å². The molecule has 0 aliphatic rings. The van der Waals surface area contributed by atoms with Crippen molar-refractivity contribution in [3.8, 4) is 0 Å². The number of ether oxygens (including phenoxy) is 1. The average Bonchev–Trinajstić information content (AvgIpc) is 2.74. The zero-order chi connectivity index (χ0) is 21.5. The fourth-order valence-electron chi connectivity index (χ4n) is 2.49. The van der Waals surface area contributed by atoms with Crippen LogP contribution in [0, 0.1) is 5.82 Å². The van der Waals surface area contributed by atoms with Gasteiger partial charge in [0.1, 0.15) is 5.82 Å². The molecule has 8 heteroatoms. The van der Waals surface area contributed by atoms with E-state index in [0.717, 1.165) is 0 Å². The molecule has 152 valence electrons. The first-order valence-corrected chi connectivity index (χ1v) is 9.48. The minimum atomic E-state index is -0.746. The average molecular weight is 445 g/mol. The number of carbonyl (C=O) groups excluding carboxylic acids is 2. The van der Waals surface area contributed by atoms with Gasteiger partial charge in [-0.1, -0.05) is 47.5 Å². The Labute approximate surface area is 182 Å². The summed E-state index contributed by atoms with van der Waals surface area (Å²) in [5.74, 6) is -1.77. The van der Waals surface area contributed by atoms with Gasteiger partial charge in [0.05, 0.1) is 11.3 Å². The van der Waals surface area contributed by atoms with E-state index in [1.165, 1.54) is 30.5 Å². The molecule has 1 N–H and O–H groups in total. The van der Waals surface area contributed by atoms with E-state index in [9.17, 15) is 14.0 Å². The van der Waals surface area contributed by atoms with Gasteiger partial charge in [-0.2, -0.15) is 0 Å². The first kappa shape index (κ1) is 21.5. The molecule has 2 aromatic carbocycles. The molecule has 0 saturated heterocycles. The Morgan fingerprint density at radius 1 is 1.03 bits per heavy atom. The van der Waals surface area contributed by atoms with Crippen molar-refractivity contribution in [3.63, 3.8) is 0 Å².